The fourth-order valence-electron chi connectivity index (χ4n) is 3.01. The molecule has 1 aromatic carbocycles. The van der Waals surface area contributed by atoms with E-state index in [4.69, 9.17) is 4.74 Å². The van der Waals surface area contributed by atoms with Crippen LogP contribution in [-0.2, 0) is 4.79 Å². The topological polar surface area (TPSA) is 41.6 Å². The maximum Gasteiger partial charge on any atom is 0.226 e. The quantitative estimate of drug-likeness (QED) is 0.906. The smallest absolute Gasteiger partial charge is 0.226 e. The molecule has 4 heteroatoms. The van der Waals surface area contributed by atoms with E-state index in [1.165, 1.54) is 0 Å². The van der Waals surface area contributed by atoms with Crippen molar-refractivity contribution in [3.8, 4) is 5.75 Å². The molecular formula is C17H26N2O2. The van der Waals surface area contributed by atoms with Crippen LogP contribution in [0.1, 0.15) is 38.3 Å². The number of rotatable bonds is 5. The molecule has 0 saturated carbocycles. The SMILES string of the molecule is CCN(C(=O)C1CCNCC1)C(C)c1cccc(OC)c1. The van der Waals surface area contributed by atoms with Crippen molar-refractivity contribution in [2.24, 2.45) is 5.92 Å². The summed E-state index contributed by atoms with van der Waals surface area (Å²) in [7, 11) is 1.67. The normalized spacial score (nSPS) is 17.3. The highest BCUT2D eigenvalue weighted by Gasteiger charge is 2.28. The number of hydrogen-bond acceptors (Lipinski definition) is 3. The largest absolute Gasteiger partial charge is 0.497 e. The molecule has 1 atom stereocenters. The molecule has 2 rings (SSSR count). The van der Waals surface area contributed by atoms with Crippen LogP contribution < -0.4 is 10.1 Å². The van der Waals surface area contributed by atoms with E-state index in [9.17, 15) is 4.79 Å². The van der Waals surface area contributed by atoms with E-state index in [-0.39, 0.29) is 17.9 Å². The number of carbonyl (C=O) groups is 1. The van der Waals surface area contributed by atoms with Crippen molar-refractivity contribution in [1.82, 2.24) is 10.2 Å². The average molecular weight is 290 g/mol. The molecule has 1 N–H and O–H groups in total. The molecule has 1 aliphatic heterocycles. The van der Waals surface area contributed by atoms with E-state index in [1.54, 1.807) is 7.11 Å². The van der Waals surface area contributed by atoms with Crippen molar-refractivity contribution in [2.45, 2.75) is 32.7 Å². The number of piperidine rings is 1. The van der Waals surface area contributed by atoms with Crippen LogP contribution in [0.5, 0.6) is 5.75 Å². The van der Waals surface area contributed by atoms with Gasteiger partial charge in [0.05, 0.1) is 13.2 Å². The Balaban J connectivity index is 2.13. The molecule has 1 aliphatic rings. The van der Waals surface area contributed by atoms with Crippen LogP contribution in [0.4, 0.5) is 0 Å². The van der Waals surface area contributed by atoms with Gasteiger partial charge in [-0.2, -0.15) is 0 Å². The predicted molar refractivity (Wildman–Crippen MR) is 84.4 cm³/mol. The van der Waals surface area contributed by atoms with Gasteiger partial charge in [-0.1, -0.05) is 12.1 Å². The minimum atomic E-state index is 0.0764. The summed E-state index contributed by atoms with van der Waals surface area (Å²) in [5.74, 6) is 1.29. The summed E-state index contributed by atoms with van der Waals surface area (Å²) in [5, 5.41) is 3.32. The fraction of sp³-hybridized carbons (Fsp3) is 0.588. The standard InChI is InChI=1S/C17H26N2O2/c1-4-19(17(20)14-8-10-18-11-9-14)13(2)15-6-5-7-16(12-15)21-3/h5-7,12-14,18H,4,8-11H2,1-3H3. The van der Waals surface area contributed by atoms with Gasteiger partial charge in [0.1, 0.15) is 5.75 Å². The van der Waals surface area contributed by atoms with Crippen molar-refractivity contribution in [1.29, 1.82) is 0 Å². The summed E-state index contributed by atoms with van der Waals surface area (Å²) in [6, 6.07) is 8.07. The Kier molecular flexibility index (Phi) is 5.62. The molecule has 1 unspecified atom stereocenters. The molecule has 1 amide bonds. The third-order valence-electron chi connectivity index (χ3n) is 4.36. The van der Waals surface area contributed by atoms with Gasteiger partial charge in [-0.05, 0) is 57.5 Å². The fourth-order valence-corrected chi connectivity index (χ4v) is 3.01. The van der Waals surface area contributed by atoms with Crippen LogP contribution in [0, 0.1) is 5.92 Å². The first-order valence-corrected chi connectivity index (χ1v) is 7.82. The Morgan fingerprint density at radius 3 is 2.76 bits per heavy atom. The maximum absolute atomic E-state index is 12.8. The number of hydrogen-bond donors (Lipinski definition) is 1. The maximum atomic E-state index is 12.8. The van der Waals surface area contributed by atoms with Crippen molar-refractivity contribution in [3.63, 3.8) is 0 Å². The number of amides is 1. The van der Waals surface area contributed by atoms with Gasteiger partial charge < -0.3 is 15.0 Å². The summed E-state index contributed by atoms with van der Waals surface area (Å²) in [5.41, 5.74) is 1.12. The van der Waals surface area contributed by atoms with E-state index < -0.39 is 0 Å². The Morgan fingerprint density at radius 1 is 1.43 bits per heavy atom. The van der Waals surface area contributed by atoms with Gasteiger partial charge in [-0.3, -0.25) is 4.79 Å². The molecule has 0 spiro atoms. The second-order valence-electron chi connectivity index (χ2n) is 5.60. The molecule has 1 fully saturated rings. The summed E-state index contributed by atoms with van der Waals surface area (Å²) in [4.78, 5) is 14.8. The lowest BCUT2D eigenvalue weighted by Crippen LogP contribution is -2.42. The van der Waals surface area contributed by atoms with E-state index in [0.717, 1.165) is 43.8 Å². The molecule has 1 aromatic rings. The van der Waals surface area contributed by atoms with E-state index in [1.807, 2.05) is 23.1 Å². The van der Waals surface area contributed by atoms with E-state index in [2.05, 4.69) is 25.2 Å². The Morgan fingerprint density at radius 2 is 2.14 bits per heavy atom. The summed E-state index contributed by atoms with van der Waals surface area (Å²) < 4.78 is 5.28. The Labute approximate surface area is 127 Å². The number of ether oxygens (including phenoxy) is 1. The molecule has 0 bridgehead atoms. The molecule has 1 heterocycles. The van der Waals surface area contributed by atoms with Gasteiger partial charge in [0.15, 0.2) is 0 Å². The summed E-state index contributed by atoms with van der Waals surface area (Å²) >= 11 is 0. The number of nitrogens with zero attached hydrogens (tertiary/aromatic N) is 1. The van der Waals surface area contributed by atoms with Gasteiger partial charge in [0.25, 0.3) is 0 Å². The first kappa shape index (κ1) is 15.8. The van der Waals surface area contributed by atoms with Gasteiger partial charge in [0, 0.05) is 12.5 Å². The zero-order valence-electron chi connectivity index (χ0n) is 13.3. The van der Waals surface area contributed by atoms with Crippen molar-refractivity contribution in [2.75, 3.05) is 26.7 Å². The molecule has 1 saturated heterocycles. The third-order valence-corrected chi connectivity index (χ3v) is 4.36. The Hall–Kier alpha value is -1.55. The van der Waals surface area contributed by atoms with Crippen molar-refractivity contribution < 1.29 is 9.53 Å². The minimum Gasteiger partial charge on any atom is -0.497 e. The van der Waals surface area contributed by atoms with Crippen LogP contribution in [0.25, 0.3) is 0 Å². The molecule has 4 nitrogen and oxygen atoms in total. The summed E-state index contributed by atoms with van der Waals surface area (Å²) in [6.45, 7) is 6.77. The zero-order chi connectivity index (χ0) is 15.2. The molecule has 0 radical (unpaired) electrons. The first-order chi connectivity index (χ1) is 10.2. The van der Waals surface area contributed by atoms with Crippen LogP contribution in [0.15, 0.2) is 24.3 Å². The molecule has 21 heavy (non-hydrogen) atoms. The average Bonchev–Trinajstić information content (AvgIpc) is 2.56. The van der Waals surface area contributed by atoms with Gasteiger partial charge in [-0.25, -0.2) is 0 Å². The molecule has 0 aromatic heterocycles. The van der Waals surface area contributed by atoms with E-state index >= 15 is 0 Å². The van der Waals surface area contributed by atoms with Gasteiger partial charge in [0.2, 0.25) is 5.91 Å². The molecular weight excluding hydrogens is 264 g/mol. The second kappa shape index (κ2) is 7.46. The first-order valence-electron chi connectivity index (χ1n) is 7.82. The molecule has 0 aliphatic carbocycles. The van der Waals surface area contributed by atoms with Gasteiger partial charge >= 0.3 is 0 Å². The number of benzene rings is 1. The number of carbonyl (C=O) groups excluding carboxylic acids is 1. The van der Waals surface area contributed by atoms with E-state index in [0.29, 0.717) is 0 Å². The highest BCUT2D eigenvalue weighted by molar-refractivity contribution is 5.79. The van der Waals surface area contributed by atoms with Crippen molar-refractivity contribution >= 4 is 5.91 Å². The van der Waals surface area contributed by atoms with Crippen LogP contribution in [-0.4, -0.2) is 37.6 Å². The van der Waals surface area contributed by atoms with Crippen LogP contribution >= 0.6 is 0 Å². The zero-order valence-corrected chi connectivity index (χ0v) is 13.3. The summed E-state index contributed by atoms with van der Waals surface area (Å²) in [6.07, 6.45) is 1.89. The van der Waals surface area contributed by atoms with Gasteiger partial charge in [-0.15, -0.1) is 0 Å². The minimum absolute atomic E-state index is 0.0764. The van der Waals surface area contributed by atoms with Crippen molar-refractivity contribution in [3.05, 3.63) is 29.8 Å². The monoisotopic (exact) mass is 290 g/mol. The highest BCUT2D eigenvalue weighted by atomic mass is 16.5. The lowest BCUT2D eigenvalue weighted by molar-refractivity contribution is -0.138. The molecule has 116 valence electrons. The lowest BCUT2D eigenvalue weighted by atomic mass is 9.95. The van der Waals surface area contributed by atoms with Crippen LogP contribution in [0.3, 0.4) is 0 Å². The Bertz CT molecular complexity index is 470. The number of nitrogens with one attached hydrogen (secondary N) is 1. The second-order valence-corrected chi connectivity index (χ2v) is 5.60. The third kappa shape index (κ3) is 3.76. The number of methoxy groups -OCH3 is 1. The predicted octanol–water partition coefficient (Wildman–Crippen LogP) is 2.60. The van der Waals surface area contributed by atoms with Crippen LogP contribution in [0.2, 0.25) is 0 Å². The highest BCUT2D eigenvalue weighted by Crippen LogP contribution is 2.26. The lowest BCUT2D eigenvalue weighted by Gasteiger charge is -2.33.